The van der Waals surface area contributed by atoms with Crippen LogP contribution in [0.2, 0.25) is 0 Å². The van der Waals surface area contributed by atoms with E-state index in [1.54, 1.807) is 30.5 Å². The molecule has 1 atom stereocenters. The standard InChI is InChI=1S/C24BF20.C15H15O2S/c26-5-1(6(27)14(35)21(42)13(5)34)25(2-7(28)15(36)22(43)16(37)8(2)29,3-9(30)17(38)23(44)18(39)10(3)31)4-11(32)19(40)24(45)20(41)12(4)33;1-18(17,14-10-6-3-7-11-14)12-15(16)13-8-4-2-5-9-13/h;2-11H,12H2,1H3/q-1;+1. The molecule has 63 heavy (non-hydrogen) atoms. The summed E-state index contributed by atoms with van der Waals surface area (Å²) >= 11 is 0. The molecule has 6 aromatic rings. The van der Waals surface area contributed by atoms with E-state index < -0.39 is 154 Å². The maximum absolute atomic E-state index is 15.4. The second-order valence-electron chi connectivity index (χ2n) is 13.1. The number of benzene rings is 6. The predicted octanol–water partition coefficient (Wildman–Crippen LogP) is 8.90. The van der Waals surface area contributed by atoms with E-state index in [0.717, 1.165) is 4.90 Å². The number of hydrogen-bond acceptors (Lipinski definition) is 2. The molecule has 0 radical (unpaired) electrons. The van der Waals surface area contributed by atoms with Crippen LogP contribution in [0.1, 0.15) is 10.4 Å². The Kier molecular flexibility index (Phi) is 13.3. The van der Waals surface area contributed by atoms with Crippen molar-refractivity contribution in [1.29, 1.82) is 0 Å². The number of carbonyl (C=O) groups excluding carboxylic acids is 1. The second kappa shape index (κ2) is 17.5. The minimum atomic E-state index is -7.22. The van der Waals surface area contributed by atoms with Gasteiger partial charge in [-0.2, -0.15) is 0 Å². The lowest BCUT2D eigenvalue weighted by atomic mass is 9.12. The molecule has 0 amide bonds. The Bertz CT molecular complexity index is 2500. The minimum Gasteiger partial charge on any atom is -0.289 e. The van der Waals surface area contributed by atoms with E-state index in [9.17, 15) is 61.7 Å². The molecule has 332 valence electrons. The number of Topliss-reactive ketones (excluding diaryl/α,β-unsaturated/α-hetero) is 1. The smallest absolute Gasteiger partial charge is 0.212 e. The van der Waals surface area contributed by atoms with Gasteiger partial charge in [0.2, 0.25) is 5.78 Å². The molecule has 0 bridgehead atoms. The van der Waals surface area contributed by atoms with E-state index >= 15 is 35.1 Å². The lowest BCUT2D eigenvalue weighted by Gasteiger charge is -2.44. The van der Waals surface area contributed by atoms with Crippen LogP contribution in [-0.2, 0) is 14.1 Å². The Morgan fingerprint density at radius 1 is 0.365 bits per heavy atom. The quantitative estimate of drug-likeness (QED) is 0.0382. The summed E-state index contributed by atoms with van der Waals surface area (Å²) in [5.41, 5.74) is -13.7. The van der Waals surface area contributed by atoms with Crippen molar-refractivity contribution in [2.24, 2.45) is 0 Å². The molecule has 0 aliphatic carbocycles. The van der Waals surface area contributed by atoms with E-state index in [0.29, 0.717) is 5.56 Å². The Labute approximate surface area is 339 Å². The maximum Gasteiger partial charge on any atom is 0.212 e. The van der Waals surface area contributed by atoms with Gasteiger partial charge in [0.25, 0.3) is 0 Å². The molecule has 0 spiro atoms. The first-order valence-corrected chi connectivity index (χ1v) is 18.8. The fraction of sp³-hybridized carbons (Fsp3) is 0.0513. The van der Waals surface area contributed by atoms with Crippen molar-refractivity contribution in [2.45, 2.75) is 4.90 Å². The van der Waals surface area contributed by atoms with Crippen molar-refractivity contribution in [2.75, 3.05) is 12.0 Å². The molecule has 0 N–H and O–H groups in total. The van der Waals surface area contributed by atoms with E-state index in [4.69, 9.17) is 0 Å². The van der Waals surface area contributed by atoms with E-state index in [1.165, 1.54) is 0 Å². The molecule has 0 saturated carbocycles. The first-order chi connectivity index (χ1) is 29.3. The Hall–Kier alpha value is -6.20. The highest BCUT2D eigenvalue weighted by Gasteiger charge is 2.52. The van der Waals surface area contributed by atoms with E-state index in [-0.39, 0.29) is 11.5 Å². The van der Waals surface area contributed by atoms with Crippen molar-refractivity contribution >= 4 is 43.7 Å². The molecule has 0 aliphatic rings. The highest BCUT2D eigenvalue weighted by Crippen LogP contribution is 2.31. The molecule has 0 fully saturated rings. The third-order valence-corrected chi connectivity index (χ3v) is 11.5. The molecule has 0 aromatic heterocycles. The van der Waals surface area contributed by atoms with Gasteiger partial charge >= 0.3 is 0 Å². The molecule has 0 heterocycles. The normalized spacial score (nSPS) is 12.5. The van der Waals surface area contributed by atoms with Gasteiger partial charge in [-0.15, -0.1) is 21.9 Å². The Morgan fingerprint density at radius 2 is 0.571 bits per heavy atom. The van der Waals surface area contributed by atoms with Gasteiger partial charge in [0, 0.05) is 5.56 Å². The van der Waals surface area contributed by atoms with Gasteiger partial charge < -0.3 is 0 Å². The predicted molar refractivity (Wildman–Crippen MR) is 184 cm³/mol. The van der Waals surface area contributed by atoms with Crippen LogP contribution in [0.25, 0.3) is 0 Å². The summed E-state index contributed by atoms with van der Waals surface area (Å²) in [5, 5.41) is 0. The van der Waals surface area contributed by atoms with Gasteiger partial charge in [0.1, 0.15) is 68.9 Å². The van der Waals surface area contributed by atoms with Crippen LogP contribution >= 0.6 is 0 Å². The SMILES string of the molecule is C[S+](=O)(CC(=O)c1ccccc1)c1ccccc1.Fc1c(F)c(F)c([B-](c2c(F)c(F)c(F)c(F)c2F)(c2c(F)c(F)c(F)c(F)c2F)c2c(F)c(F)c(F)c(F)c2F)c(F)c1F. The fourth-order valence-electron chi connectivity index (χ4n) is 6.62. The maximum atomic E-state index is 15.4. The fourth-order valence-corrected chi connectivity index (χ4v) is 8.19. The number of rotatable bonds is 8. The summed E-state index contributed by atoms with van der Waals surface area (Å²) in [6.45, 7) is 0. The number of hydrogen-bond donors (Lipinski definition) is 0. The monoisotopic (exact) mass is 938 g/mol. The van der Waals surface area contributed by atoms with Crippen molar-refractivity contribution in [3.63, 3.8) is 0 Å². The number of carbonyl (C=O) groups is 1. The molecule has 6 aromatic carbocycles. The molecule has 0 saturated heterocycles. The van der Waals surface area contributed by atoms with E-state index in [2.05, 4.69) is 0 Å². The molecule has 24 heteroatoms. The molecule has 6 rings (SSSR count). The zero-order valence-corrected chi connectivity index (χ0v) is 31.2. The van der Waals surface area contributed by atoms with Crippen LogP contribution in [0.4, 0.5) is 87.8 Å². The Balaban J connectivity index is 0.000000345. The molecule has 1 unspecified atom stereocenters. The van der Waals surface area contributed by atoms with Crippen molar-refractivity contribution in [3.05, 3.63) is 183 Å². The summed E-state index contributed by atoms with van der Waals surface area (Å²) in [7, 11) is -2.31. The molecular weight excluding hydrogens is 923 g/mol. The summed E-state index contributed by atoms with van der Waals surface area (Å²) in [5.74, 6) is -71.4. The average molecular weight is 938 g/mol. The summed E-state index contributed by atoms with van der Waals surface area (Å²) in [4.78, 5) is 12.8. The summed E-state index contributed by atoms with van der Waals surface area (Å²) in [6, 6.07) is 18.2. The van der Waals surface area contributed by atoms with Crippen LogP contribution in [0.3, 0.4) is 0 Å². The van der Waals surface area contributed by atoms with Gasteiger partial charge in [-0.1, -0.05) is 52.7 Å². The van der Waals surface area contributed by atoms with Crippen LogP contribution in [-0.4, -0.2) is 23.9 Å². The second-order valence-corrected chi connectivity index (χ2v) is 15.8. The van der Waals surface area contributed by atoms with Crippen LogP contribution in [0.5, 0.6) is 0 Å². The van der Waals surface area contributed by atoms with Gasteiger partial charge in [-0.05, 0) is 12.1 Å². The highest BCUT2D eigenvalue weighted by molar-refractivity contribution is 8.03. The zero-order valence-electron chi connectivity index (χ0n) is 30.3. The third kappa shape index (κ3) is 7.70. The molecule has 2 nitrogen and oxygen atoms in total. The zero-order chi connectivity index (χ0) is 47.4. The van der Waals surface area contributed by atoms with Gasteiger partial charge in [-0.3, -0.25) is 4.79 Å². The largest absolute Gasteiger partial charge is 0.289 e. The van der Waals surface area contributed by atoms with E-state index in [1.807, 2.05) is 36.4 Å². The van der Waals surface area contributed by atoms with Crippen LogP contribution in [0.15, 0.2) is 65.6 Å². The topological polar surface area (TPSA) is 34.1 Å². The number of ketones is 1. The third-order valence-electron chi connectivity index (χ3n) is 9.45. The minimum absolute atomic E-state index is 0.0566. The van der Waals surface area contributed by atoms with Crippen molar-refractivity contribution < 1.29 is 96.8 Å². The van der Waals surface area contributed by atoms with Crippen LogP contribution < -0.4 is 21.9 Å². The average Bonchev–Trinajstić information content (AvgIpc) is 3.26. The molecule has 0 aliphatic heterocycles. The van der Waals surface area contributed by atoms with Gasteiger partial charge in [0.05, 0.1) is 0 Å². The van der Waals surface area contributed by atoms with Gasteiger partial charge in [-0.25, -0.2) is 87.8 Å². The van der Waals surface area contributed by atoms with Crippen molar-refractivity contribution in [3.8, 4) is 0 Å². The lowest BCUT2D eigenvalue weighted by Crippen LogP contribution is -2.81. The first-order valence-electron chi connectivity index (χ1n) is 16.6. The molecular formula is C39H15BF20O2S. The lowest BCUT2D eigenvalue weighted by molar-refractivity contribution is 0.102. The summed E-state index contributed by atoms with van der Waals surface area (Å²) in [6.07, 6.45) is -5.58. The van der Waals surface area contributed by atoms with Gasteiger partial charge in [0.15, 0.2) is 80.5 Å². The van der Waals surface area contributed by atoms with Crippen LogP contribution in [0, 0.1) is 116 Å². The van der Waals surface area contributed by atoms with Crippen molar-refractivity contribution in [1.82, 2.24) is 0 Å². The Morgan fingerprint density at radius 3 is 0.810 bits per heavy atom. The number of halogens is 20. The summed E-state index contributed by atoms with van der Waals surface area (Å²) < 4.78 is 307. The first kappa shape index (κ1) is 47.8. The highest BCUT2D eigenvalue weighted by atomic mass is 32.2.